The van der Waals surface area contributed by atoms with E-state index in [0.717, 1.165) is 56.2 Å². The first-order valence-electron chi connectivity index (χ1n) is 9.59. The van der Waals surface area contributed by atoms with Crippen LogP contribution in [0.1, 0.15) is 23.9 Å². The summed E-state index contributed by atoms with van der Waals surface area (Å²) in [6.45, 7) is 3.48. The number of amides is 1. The summed E-state index contributed by atoms with van der Waals surface area (Å²) in [4.78, 5) is 21.7. The quantitative estimate of drug-likeness (QED) is 0.438. The van der Waals surface area contributed by atoms with Crippen LogP contribution in [0.4, 0.5) is 5.13 Å². The van der Waals surface area contributed by atoms with Crippen molar-refractivity contribution in [1.29, 1.82) is 0 Å². The molecule has 1 amide bonds. The second kappa shape index (κ2) is 7.45. The van der Waals surface area contributed by atoms with E-state index >= 15 is 0 Å². The molecule has 0 saturated carbocycles. The molecule has 0 aliphatic heterocycles. The van der Waals surface area contributed by atoms with Crippen molar-refractivity contribution in [2.45, 2.75) is 26.7 Å². The zero-order valence-electron chi connectivity index (χ0n) is 16.4. The number of aromatic nitrogens is 4. The molecule has 0 spiro atoms. The molecule has 8 heteroatoms. The van der Waals surface area contributed by atoms with E-state index < -0.39 is 0 Å². The number of para-hydroxylation sites is 1. The number of halogens is 1. The molecule has 1 aromatic carbocycles. The number of thiazole rings is 1. The minimum absolute atomic E-state index is 0.118. The van der Waals surface area contributed by atoms with Gasteiger partial charge in [-0.15, -0.1) is 0 Å². The first-order valence-corrected chi connectivity index (χ1v) is 11.2. The molecule has 0 bridgehead atoms. The number of nitrogens with one attached hydrogen (secondary N) is 1. The molecule has 5 rings (SSSR count). The molecule has 3 heterocycles. The number of pyridine rings is 1. The Morgan fingerprint density at radius 3 is 2.77 bits per heavy atom. The van der Waals surface area contributed by atoms with Gasteiger partial charge in [0.1, 0.15) is 0 Å². The van der Waals surface area contributed by atoms with Gasteiger partial charge in [0.25, 0.3) is 0 Å². The second-order valence-electron chi connectivity index (χ2n) is 7.20. The lowest BCUT2D eigenvalue weighted by Crippen LogP contribution is -2.07. The Bertz CT molecular complexity index is 1280. The Hall–Kier alpha value is -2.84. The molecule has 0 saturated heterocycles. The van der Waals surface area contributed by atoms with E-state index in [9.17, 15) is 4.79 Å². The summed E-state index contributed by atoms with van der Waals surface area (Å²) in [6, 6.07) is 12.1. The minimum atomic E-state index is -0.118. The summed E-state index contributed by atoms with van der Waals surface area (Å²) in [5.41, 5.74) is 7.09. The molecule has 1 N–H and O–H groups in total. The lowest BCUT2D eigenvalue weighted by atomic mass is 9.95. The van der Waals surface area contributed by atoms with Gasteiger partial charge in [0.05, 0.1) is 27.6 Å². The van der Waals surface area contributed by atoms with E-state index in [2.05, 4.69) is 37.3 Å². The van der Waals surface area contributed by atoms with Gasteiger partial charge in [-0.2, -0.15) is 5.10 Å². The highest BCUT2D eigenvalue weighted by molar-refractivity contribution is 9.10. The van der Waals surface area contributed by atoms with Crippen LogP contribution in [0.3, 0.4) is 0 Å². The fourth-order valence-corrected chi connectivity index (χ4v) is 5.28. The van der Waals surface area contributed by atoms with E-state index in [0.29, 0.717) is 5.13 Å². The van der Waals surface area contributed by atoms with Crippen LogP contribution in [0, 0.1) is 6.92 Å². The monoisotopic (exact) mass is 479 g/mol. The Balaban J connectivity index is 1.76. The fraction of sp³-hybridized carbons (Fsp3) is 0.182. The van der Waals surface area contributed by atoms with Gasteiger partial charge in [0.2, 0.25) is 5.91 Å². The van der Waals surface area contributed by atoms with Crippen LogP contribution in [0.15, 0.2) is 47.1 Å². The lowest BCUT2D eigenvalue weighted by Gasteiger charge is -2.14. The Morgan fingerprint density at radius 2 is 2.03 bits per heavy atom. The third-order valence-electron chi connectivity index (χ3n) is 5.06. The number of fused-ring (bicyclic) bond motifs is 3. The molecule has 1 aliphatic carbocycles. The molecule has 0 fully saturated rings. The van der Waals surface area contributed by atoms with Crippen molar-refractivity contribution < 1.29 is 4.79 Å². The molecule has 4 aromatic rings. The summed E-state index contributed by atoms with van der Waals surface area (Å²) in [7, 11) is 0. The lowest BCUT2D eigenvalue weighted by molar-refractivity contribution is -0.114. The van der Waals surface area contributed by atoms with Gasteiger partial charge in [0.15, 0.2) is 5.13 Å². The van der Waals surface area contributed by atoms with Gasteiger partial charge in [-0.3, -0.25) is 9.78 Å². The van der Waals surface area contributed by atoms with Crippen LogP contribution in [0.5, 0.6) is 0 Å². The molecule has 0 atom stereocenters. The minimum Gasteiger partial charge on any atom is -0.302 e. The van der Waals surface area contributed by atoms with Crippen LogP contribution < -0.4 is 5.32 Å². The third-order valence-corrected chi connectivity index (χ3v) is 6.75. The number of hydrogen-bond donors (Lipinski definition) is 1. The van der Waals surface area contributed by atoms with E-state index in [1.807, 2.05) is 48.1 Å². The Labute approximate surface area is 186 Å². The number of rotatable bonds is 3. The summed E-state index contributed by atoms with van der Waals surface area (Å²) in [5.74, 6) is -0.118. The summed E-state index contributed by atoms with van der Waals surface area (Å²) in [5, 5.41) is 8.48. The standard InChI is InChI=1S/C22H18BrN5OS/c1-12-7-8-14(11-24-12)19-15-9-10-17-21(30-22(26-17)25-13(2)29)20(15)28(27-19)18-6-4-3-5-16(18)23/h3-8,11H,9-10H2,1-2H3,(H,25,26,29). The summed E-state index contributed by atoms with van der Waals surface area (Å²) in [6.07, 6.45) is 3.53. The molecule has 1 aliphatic rings. The zero-order valence-corrected chi connectivity index (χ0v) is 18.8. The number of carbonyl (C=O) groups excluding carboxylic acids is 1. The first kappa shape index (κ1) is 19.1. The molecule has 6 nitrogen and oxygen atoms in total. The number of hydrogen-bond acceptors (Lipinski definition) is 5. The number of carbonyl (C=O) groups is 1. The van der Waals surface area contributed by atoms with Crippen LogP contribution in [0.25, 0.3) is 27.5 Å². The maximum Gasteiger partial charge on any atom is 0.223 e. The van der Waals surface area contributed by atoms with Crippen LogP contribution >= 0.6 is 27.3 Å². The smallest absolute Gasteiger partial charge is 0.223 e. The van der Waals surface area contributed by atoms with Crippen LogP contribution in [-0.4, -0.2) is 25.7 Å². The number of benzene rings is 1. The van der Waals surface area contributed by atoms with Gasteiger partial charge in [-0.1, -0.05) is 23.5 Å². The molecule has 3 aromatic heterocycles. The van der Waals surface area contributed by atoms with Gasteiger partial charge >= 0.3 is 0 Å². The highest BCUT2D eigenvalue weighted by Crippen LogP contribution is 2.44. The van der Waals surface area contributed by atoms with Crippen molar-refractivity contribution in [3.8, 4) is 27.5 Å². The SMILES string of the molecule is CC(=O)Nc1nc2c(s1)-c1c(c(-c3ccc(C)nc3)nn1-c1ccccc1Br)CC2. The van der Waals surface area contributed by atoms with E-state index in [1.165, 1.54) is 23.8 Å². The average molecular weight is 480 g/mol. The number of anilines is 1. The van der Waals surface area contributed by atoms with Crippen molar-refractivity contribution in [2.75, 3.05) is 5.32 Å². The molecular formula is C22H18BrN5OS. The fourth-order valence-electron chi connectivity index (χ4n) is 3.71. The van der Waals surface area contributed by atoms with Gasteiger partial charge < -0.3 is 5.32 Å². The Morgan fingerprint density at radius 1 is 1.20 bits per heavy atom. The van der Waals surface area contributed by atoms with E-state index in [-0.39, 0.29) is 5.91 Å². The van der Waals surface area contributed by atoms with Crippen LogP contribution in [-0.2, 0) is 17.6 Å². The first-order chi connectivity index (χ1) is 14.5. The second-order valence-corrected chi connectivity index (χ2v) is 9.06. The van der Waals surface area contributed by atoms with E-state index in [4.69, 9.17) is 5.10 Å². The third kappa shape index (κ3) is 3.26. The summed E-state index contributed by atoms with van der Waals surface area (Å²) >= 11 is 5.17. The van der Waals surface area contributed by atoms with Gasteiger partial charge in [-0.05, 0) is 60.0 Å². The maximum absolute atomic E-state index is 11.5. The number of aryl methyl sites for hydroxylation is 2. The topological polar surface area (TPSA) is 72.7 Å². The molecule has 150 valence electrons. The van der Waals surface area contributed by atoms with E-state index in [1.54, 1.807) is 0 Å². The average Bonchev–Trinajstić information content (AvgIpc) is 3.29. The molecular weight excluding hydrogens is 462 g/mol. The zero-order chi connectivity index (χ0) is 20.8. The van der Waals surface area contributed by atoms with Gasteiger partial charge in [0, 0.05) is 34.4 Å². The highest BCUT2D eigenvalue weighted by Gasteiger charge is 2.30. The van der Waals surface area contributed by atoms with Gasteiger partial charge in [-0.25, -0.2) is 9.67 Å². The predicted molar refractivity (Wildman–Crippen MR) is 122 cm³/mol. The molecule has 0 unspecified atom stereocenters. The Kier molecular flexibility index (Phi) is 4.75. The highest BCUT2D eigenvalue weighted by atomic mass is 79.9. The van der Waals surface area contributed by atoms with Crippen molar-refractivity contribution in [2.24, 2.45) is 0 Å². The van der Waals surface area contributed by atoms with Crippen LogP contribution in [0.2, 0.25) is 0 Å². The van der Waals surface area contributed by atoms with Crippen molar-refractivity contribution in [3.05, 3.63) is 64.0 Å². The van der Waals surface area contributed by atoms with Crippen molar-refractivity contribution >= 4 is 38.3 Å². The van der Waals surface area contributed by atoms with Crippen molar-refractivity contribution in [3.63, 3.8) is 0 Å². The number of nitrogens with zero attached hydrogens (tertiary/aromatic N) is 4. The molecule has 0 radical (unpaired) electrons. The molecule has 30 heavy (non-hydrogen) atoms. The predicted octanol–water partition coefficient (Wildman–Crippen LogP) is 5.19. The van der Waals surface area contributed by atoms with Crippen molar-refractivity contribution in [1.82, 2.24) is 19.7 Å². The maximum atomic E-state index is 11.5. The summed E-state index contributed by atoms with van der Waals surface area (Å²) < 4.78 is 2.95. The normalized spacial score (nSPS) is 12.4. The largest absolute Gasteiger partial charge is 0.302 e.